The van der Waals surface area contributed by atoms with Crippen LogP contribution in [0.15, 0.2) is 54.6 Å². The van der Waals surface area contributed by atoms with Crippen LogP contribution in [0.5, 0.6) is 5.75 Å². The molecule has 142 valence electrons. The summed E-state index contributed by atoms with van der Waals surface area (Å²) in [5.74, 6) is -0.668. The number of carboxylic acid groups (broad SMARTS) is 1. The summed E-state index contributed by atoms with van der Waals surface area (Å²) in [4.78, 5) is 35.4. The van der Waals surface area contributed by atoms with Crippen molar-refractivity contribution in [3.63, 3.8) is 0 Å². The zero-order valence-corrected chi connectivity index (χ0v) is 15.2. The van der Waals surface area contributed by atoms with E-state index in [1.54, 1.807) is 31.4 Å². The summed E-state index contributed by atoms with van der Waals surface area (Å²) in [5.41, 5.74) is 1.36. The average molecular weight is 369 g/mol. The molecule has 0 aliphatic carbocycles. The minimum atomic E-state index is -0.917. The Balaban J connectivity index is 1.92. The largest absolute Gasteiger partial charge is 0.497 e. The zero-order valence-electron chi connectivity index (χ0n) is 15.2. The molecular weight excluding hydrogens is 346 g/mol. The van der Waals surface area contributed by atoms with Crippen molar-refractivity contribution < 1.29 is 24.2 Å². The third-order valence-electron chi connectivity index (χ3n) is 4.18. The molecule has 0 heterocycles. The minimum Gasteiger partial charge on any atom is -0.497 e. The molecule has 0 spiro atoms. The highest BCUT2D eigenvalue weighted by Crippen LogP contribution is 2.19. The maximum absolute atomic E-state index is 12.3. The fourth-order valence-corrected chi connectivity index (χ4v) is 2.69. The highest BCUT2D eigenvalue weighted by Gasteiger charge is 2.17. The van der Waals surface area contributed by atoms with Crippen LogP contribution in [0.3, 0.4) is 0 Å². The molecule has 0 bridgehead atoms. The lowest BCUT2D eigenvalue weighted by atomic mass is 10.0. The third-order valence-corrected chi connectivity index (χ3v) is 4.18. The Hall–Kier alpha value is -3.15. The Morgan fingerprint density at radius 3 is 2.22 bits per heavy atom. The standard InChI is InChI=1S/C21H23NO5/c1-27-17-9-7-16(8-10-17)19(23)12-13-20(24)22-18(11-14-21(25)26)15-5-3-2-4-6-15/h2-10,18H,11-14H2,1H3,(H,22,24)(H,25,26). The Kier molecular flexibility index (Phi) is 7.55. The summed E-state index contributed by atoms with van der Waals surface area (Å²) in [5, 5.41) is 11.8. The first kappa shape index (κ1) is 20.2. The van der Waals surface area contributed by atoms with E-state index in [1.165, 1.54) is 0 Å². The van der Waals surface area contributed by atoms with Gasteiger partial charge >= 0.3 is 5.97 Å². The highest BCUT2D eigenvalue weighted by molar-refractivity contribution is 5.98. The molecule has 2 aromatic carbocycles. The number of Topliss-reactive ketones (excluding diaryl/α,β-unsaturated/α-hetero) is 1. The van der Waals surface area contributed by atoms with Crippen molar-refractivity contribution in [3.8, 4) is 5.75 Å². The van der Waals surface area contributed by atoms with Crippen LogP contribution in [0.1, 0.15) is 47.6 Å². The predicted molar refractivity (Wildman–Crippen MR) is 101 cm³/mol. The molecule has 1 unspecified atom stereocenters. The van der Waals surface area contributed by atoms with Crippen LogP contribution >= 0.6 is 0 Å². The number of aliphatic carboxylic acids is 1. The first-order valence-electron chi connectivity index (χ1n) is 8.73. The number of rotatable bonds is 10. The number of benzene rings is 2. The molecule has 0 saturated heterocycles. The Bertz CT molecular complexity index is 771. The molecule has 6 heteroatoms. The van der Waals surface area contributed by atoms with Crippen LogP contribution in [0, 0.1) is 0 Å². The topological polar surface area (TPSA) is 92.7 Å². The maximum Gasteiger partial charge on any atom is 0.303 e. The first-order chi connectivity index (χ1) is 13.0. The van der Waals surface area contributed by atoms with E-state index < -0.39 is 12.0 Å². The Morgan fingerprint density at radius 2 is 1.63 bits per heavy atom. The summed E-state index contributed by atoms with van der Waals surface area (Å²) < 4.78 is 5.06. The van der Waals surface area contributed by atoms with E-state index >= 15 is 0 Å². The summed E-state index contributed by atoms with van der Waals surface area (Å²) in [7, 11) is 1.55. The van der Waals surface area contributed by atoms with E-state index in [9.17, 15) is 14.4 Å². The van der Waals surface area contributed by atoms with Crippen LogP contribution in [-0.4, -0.2) is 29.9 Å². The smallest absolute Gasteiger partial charge is 0.303 e. The number of carboxylic acids is 1. The average Bonchev–Trinajstić information content (AvgIpc) is 2.69. The molecule has 1 amide bonds. The van der Waals surface area contributed by atoms with Crippen molar-refractivity contribution in [2.45, 2.75) is 31.7 Å². The molecule has 0 aliphatic heterocycles. The number of ketones is 1. The van der Waals surface area contributed by atoms with Crippen molar-refractivity contribution in [2.75, 3.05) is 7.11 Å². The molecule has 2 rings (SSSR count). The van der Waals surface area contributed by atoms with Gasteiger partial charge in [0.15, 0.2) is 5.78 Å². The van der Waals surface area contributed by atoms with Gasteiger partial charge in [0.25, 0.3) is 0 Å². The third kappa shape index (κ3) is 6.58. The van der Waals surface area contributed by atoms with Gasteiger partial charge in [0, 0.05) is 24.8 Å². The molecule has 2 N–H and O–H groups in total. The number of carbonyl (C=O) groups is 3. The van der Waals surface area contributed by atoms with Crippen LogP contribution < -0.4 is 10.1 Å². The number of carbonyl (C=O) groups excluding carboxylic acids is 2. The molecule has 0 fully saturated rings. The number of ether oxygens (including phenoxy) is 1. The highest BCUT2D eigenvalue weighted by atomic mass is 16.5. The van der Waals surface area contributed by atoms with Gasteiger partial charge in [0.1, 0.15) is 5.75 Å². The van der Waals surface area contributed by atoms with E-state index in [4.69, 9.17) is 9.84 Å². The van der Waals surface area contributed by atoms with E-state index in [0.717, 1.165) is 5.56 Å². The second-order valence-corrected chi connectivity index (χ2v) is 6.11. The lowest BCUT2D eigenvalue weighted by Crippen LogP contribution is -2.29. The molecule has 1 atom stereocenters. The zero-order chi connectivity index (χ0) is 19.6. The molecule has 0 aliphatic rings. The molecule has 0 saturated carbocycles. The van der Waals surface area contributed by atoms with Crippen LogP contribution in [0.4, 0.5) is 0 Å². The minimum absolute atomic E-state index is 0.0429. The van der Waals surface area contributed by atoms with Gasteiger partial charge in [-0.3, -0.25) is 14.4 Å². The maximum atomic E-state index is 12.3. The predicted octanol–water partition coefficient (Wildman–Crippen LogP) is 3.38. The Labute approximate surface area is 158 Å². The monoisotopic (exact) mass is 369 g/mol. The van der Waals surface area contributed by atoms with Gasteiger partial charge < -0.3 is 15.2 Å². The van der Waals surface area contributed by atoms with Gasteiger partial charge in [-0.25, -0.2) is 0 Å². The van der Waals surface area contributed by atoms with Crippen LogP contribution in [0.2, 0.25) is 0 Å². The lowest BCUT2D eigenvalue weighted by Gasteiger charge is -2.18. The quantitative estimate of drug-likeness (QED) is 0.626. The molecule has 0 radical (unpaired) electrons. The summed E-state index contributed by atoms with van der Waals surface area (Å²) in [6.45, 7) is 0. The molecule has 2 aromatic rings. The number of amides is 1. The first-order valence-corrected chi connectivity index (χ1v) is 8.73. The van der Waals surface area contributed by atoms with Gasteiger partial charge in [0.2, 0.25) is 5.91 Å². The fraction of sp³-hybridized carbons (Fsp3) is 0.286. The van der Waals surface area contributed by atoms with E-state index in [2.05, 4.69) is 5.32 Å². The fourth-order valence-electron chi connectivity index (χ4n) is 2.69. The summed E-state index contributed by atoms with van der Waals surface area (Å²) in [6.07, 6.45) is 0.363. The number of hydrogen-bond donors (Lipinski definition) is 2. The van der Waals surface area contributed by atoms with E-state index in [-0.39, 0.29) is 37.4 Å². The SMILES string of the molecule is COc1ccc(C(=O)CCC(=O)NC(CCC(=O)O)c2ccccc2)cc1. The van der Waals surface area contributed by atoms with Crippen molar-refractivity contribution >= 4 is 17.7 Å². The van der Waals surface area contributed by atoms with Crippen LogP contribution in [0.25, 0.3) is 0 Å². The summed E-state index contributed by atoms with van der Waals surface area (Å²) in [6, 6.07) is 15.5. The summed E-state index contributed by atoms with van der Waals surface area (Å²) >= 11 is 0. The molecule has 0 aromatic heterocycles. The van der Waals surface area contributed by atoms with Crippen molar-refractivity contribution in [2.24, 2.45) is 0 Å². The van der Waals surface area contributed by atoms with Gasteiger partial charge in [-0.2, -0.15) is 0 Å². The molecule has 27 heavy (non-hydrogen) atoms. The number of methoxy groups -OCH3 is 1. The van der Waals surface area contributed by atoms with Crippen molar-refractivity contribution in [1.29, 1.82) is 0 Å². The van der Waals surface area contributed by atoms with Crippen molar-refractivity contribution in [3.05, 3.63) is 65.7 Å². The van der Waals surface area contributed by atoms with Gasteiger partial charge in [-0.05, 0) is 36.2 Å². The molecule has 6 nitrogen and oxygen atoms in total. The van der Waals surface area contributed by atoms with E-state index in [0.29, 0.717) is 11.3 Å². The van der Waals surface area contributed by atoms with E-state index in [1.807, 2.05) is 30.3 Å². The Morgan fingerprint density at radius 1 is 0.963 bits per heavy atom. The van der Waals surface area contributed by atoms with Gasteiger partial charge in [-0.1, -0.05) is 30.3 Å². The molecular formula is C21H23NO5. The van der Waals surface area contributed by atoms with Crippen LogP contribution in [-0.2, 0) is 9.59 Å². The van der Waals surface area contributed by atoms with Crippen molar-refractivity contribution in [1.82, 2.24) is 5.32 Å². The second-order valence-electron chi connectivity index (χ2n) is 6.11. The number of hydrogen-bond acceptors (Lipinski definition) is 4. The normalized spacial score (nSPS) is 11.4. The van der Waals surface area contributed by atoms with Gasteiger partial charge in [-0.15, -0.1) is 0 Å². The second kappa shape index (κ2) is 10.1. The number of nitrogens with one attached hydrogen (secondary N) is 1. The van der Waals surface area contributed by atoms with Gasteiger partial charge in [0.05, 0.1) is 13.2 Å². The lowest BCUT2D eigenvalue weighted by molar-refractivity contribution is -0.137.